The molecule has 2 saturated heterocycles. The second kappa shape index (κ2) is 7.12. The number of urea groups is 1. The van der Waals surface area contributed by atoms with Crippen molar-refractivity contribution >= 4 is 11.8 Å². The highest BCUT2D eigenvalue weighted by Crippen LogP contribution is 2.30. The van der Waals surface area contributed by atoms with E-state index in [-0.39, 0.29) is 11.6 Å². The molecule has 0 bridgehead atoms. The molecule has 0 aromatic carbocycles. The number of hydrogen-bond acceptors (Lipinski definition) is 4. The van der Waals surface area contributed by atoms with Crippen molar-refractivity contribution in [2.24, 2.45) is 18.9 Å². The van der Waals surface area contributed by atoms with Crippen molar-refractivity contribution in [3.63, 3.8) is 0 Å². The Hall–Kier alpha value is -1.89. The molecule has 1 atom stereocenters. The lowest BCUT2D eigenvalue weighted by Gasteiger charge is -2.38. The molecule has 7 heteroatoms. The van der Waals surface area contributed by atoms with Crippen LogP contribution in [0, 0.1) is 11.8 Å². The van der Waals surface area contributed by atoms with E-state index in [0.29, 0.717) is 17.7 Å². The summed E-state index contributed by atoms with van der Waals surface area (Å²) in [6.45, 7) is 3.22. The smallest absolute Gasteiger partial charge is 0.323 e. The summed E-state index contributed by atoms with van der Waals surface area (Å²) in [4.78, 5) is 30.0. The molecule has 126 valence electrons. The van der Waals surface area contributed by atoms with Crippen molar-refractivity contribution in [2.75, 3.05) is 31.6 Å². The third-order valence-corrected chi connectivity index (χ3v) is 4.89. The van der Waals surface area contributed by atoms with Crippen LogP contribution >= 0.6 is 0 Å². The van der Waals surface area contributed by atoms with Gasteiger partial charge in [0.05, 0.1) is 6.33 Å². The van der Waals surface area contributed by atoms with Crippen LogP contribution in [-0.4, -0.2) is 46.8 Å². The van der Waals surface area contributed by atoms with Crippen molar-refractivity contribution in [1.29, 1.82) is 0 Å². The molecule has 2 amide bonds. The number of amides is 2. The van der Waals surface area contributed by atoms with Gasteiger partial charge in [-0.3, -0.25) is 10.1 Å². The average Bonchev–Trinajstić information content (AvgIpc) is 2.59. The number of hydrogen-bond donors (Lipinski definition) is 1. The maximum absolute atomic E-state index is 12.4. The highest BCUT2D eigenvalue weighted by molar-refractivity contribution is 5.88. The lowest BCUT2D eigenvalue weighted by molar-refractivity contribution is 0.0322. The van der Waals surface area contributed by atoms with Gasteiger partial charge in [0.1, 0.15) is 5.82 Å². The van der Waals surface area contributed by atoms with Gasteiger partial charge in [-0.05, 0) is 37.5 Å². The Kier molecular flexibility index (Phi) is 4.95. The number of nitrogens with zero attached hydrogens (tertiary/aromatic N) is 3. The van der Waals surface area contributed by atoms with Gasteiger partial charge in [-0.1, -0.05) is 0 Å². The fourth-order valence-electron chi connectivity index (χ4n) is 3.49. The minimum Gasteiger partial charge on any atom is -0.381 e. The topological polar surface area (TPSA) is 76.5 Å². The molecule has 2 fully saturated rings. The zero-order valence-electron chi connectivity index (χ0n) is 13.5. The number of anilines is 1. The Morgan fingerprint density at radius 2 is 2.09 bits per heavy atom. The first-order valence-electron chi connectivity index (χ1n) is 8.30. The molecular weight excluding hydrogens is 296 g/mol. The minimum atomic E-state index is -0.186. The first kappa shape index (κ1) is 16.0. The molecule has 1 aromatic rings. The van der Waals surface area contributed by atoms with Crippen molar-refractivity contribution in [1.82, 2.24) is 14.5 Å². The van der Waals surface area contributed by atoms with Gasteiger partial charge in [0.15, 0.2) is 0 Å². The van der Waals surface area contributed by atoms with Crippen molar-refractivity contribution in [2.45, 2.75) is 25.7 Å². The fourth-order valence-corrected chi connectivity index (χ4v) is 3.49. The number of rotatable bonds is 2. The number of aryl methyl sites for hydroxylation is 1. The van der Waals surface area contributed by atoms with Crippen LogP contribution in [0.1, 0.15) is 25.7 Å². The first-order chi connectivity index (χ1) is 11.1. The van der Waals surface area contributed by atoms with E-state index in [1.54, 1.807) is 7.05 Å². The van der Waals surface area contributed by atoms with Gasteiger partial charge < -0.3 is 14.2 Å². The monoisotopic (exact) mass is 320 g/mol. The van der Waals surface area contributed by atoms with E-state index >= 15 is 0 Å². The summed E-state index contributed by atoms with van der Waals surface area (Å²) in [5.41, 5.74) is -0.186. The molecule has 1 aromatic heterocycles. The van der Waals surface area contributed by atoms with Crippen LogP contribution in [-0.2, 0) is 11.8 Å². The highest BCUT2D eigenvalue weighted by atomic mass is 16.5. The molecule has 3 rings (SSSR count). The molecule has 3 heterocycles. The zero-order valence-corrected chi connectivity index (χ0v) is 13.5. The van der Waals surface area contributed by atoms with Crippen LogP contribution < -0.4 is 10.9 Å². The molecule has 0 spiro atoms. The molecule has 23 heavy (non-hydrogen) atoms. The summed E-state index contributed by atoms with van der Waals surface area (Å²) >= 11 is 0. The molecule has 2 aliphatic rings. The van der Waals surface area contributed by atoms with E-state index in [1.807, 2.05) is 4.90 Å². The molecule has 1 N–H and O–H groups in total. The Bertz CT molecular complexity index is 610. The van der Waals surface area contributed by atoms with Gasteiger partial charge in [0.2, 0.25) is 0 Å². The van der Waals surface area contributed by atoms with Gasteiger partial charge >= 0.3 is 6.03 Å². The second-order valence-corrected chi connectivity index (χ2v) is 6.45. The maximum Gasteiger partial charge on any atom is 0.323 e. The number of aromatic nitrogens is 2. The van der Waals surface area contributed by atoms with Crippen molar-refractivity contribution in [3.8, 4) is 0 Å². The van der Waals surface area contributed by atoms with Crippen LogP contribution in [0.5, 0.6) is 0 Å². The largest absolute Gasteiger partial charge is 0.381 e. The third kappa shape index (κ3) is 3.90. The summed E-state index contributed by atoms with van der Waals surface area (Å²) in [5, 5.41) is 2.74. The SMILES string of the molecule is Cn1cnc(NC(=O)N2CCCC(C3CCOCC3)C2)cc1=O. The molecule has 0 radical (unpaired) electrons. The normalized spacial score (nSPS) is 22.8. The summed E-state index contributed by atoms with van der Waals surface area (Å²) in [5.74, 6) is 1.52. The third-order valence-electron chi connectivity index (χ3n) is 4.89. The fraction of sp³-hybridized carbons (Fsp3) is 0.688. The number of piperidine rings is 1. The predicted octanol–water partition coefficient (Wildman–Crippen LogP) is 1.45. The molecule has 0 aliphatic carbocycles. The van der Waals surface area contributed by atoms with Gasteiger partial charge in [-0.15, -0.1) is 0 Å². The summed E-state index contributed by atoms with van der Waals surface area (Å²) in [6, 6.07) is 1.18. The molecular formula is C16H24N4O3. The van der Waals surface area contributed by atoms with Crippen LogP contribution in [0.3, 0.4) is 0 Å². The summed E-state index contributed by atoms with van der Waals surface area (Å²) in [6.07, 6.45) is 5.81. The molecule has 2 aliphatic heterocycles. The van der Waals surface area contributed by atoms with E-state index in [9.17, 15) is 9.59 Å². The number of carbonyl (C=O) groups excluding carboxylic acids is 1. The van der Waals surface area contributed by atoms with Gasteiger partial charge in [0.25, 0.3) is 5.56 Å². The summed E-state index contributed by atoms with van der Waals surface area (Å²) in [7, 11) is 1.63. The van der Waals surface area contributed by atoms with E-state index in [0.717, 1.165) is 45.6 Å². The first-order valence-corrected chi connectivity index (χ1v) is 8.30. The standard InChI is InChI=1S/C16H24N4O3/c1-19-11-17-14(9-15(19)21)18-16(22)20-6-2-3-13(10-20)12-4-7-23-8-5-12/h9,11-13H,2-8,10H2,1H3,(H,18,22). The van der Waals surface area contributed by atoms with Gasteiger partial charge in [-0.2, -0.15) is 0 Å². The zero-order chi connectivity index (χ0) is 16.2. The highest BCUT2D eigenvalue weighted by Gasteiger charge is 2.30. The number of nitrogens with one attached hydrogen (secondary N) is 1. The number of likely N-dealkylation sites (tertiary alicyclic amines) is 1. The quantitative estimate of drug-likeness (QED) is 0.895. The van der Waals surface area contributed by atoms with Crippen molar-refractivity contribution in [3.05, 3.63) is 22.7 Å². The Labute approximate surface area is 135 Å². The van der Waals surface area contributed by atoms with E-state index in [2.05, 4.69) is 10.3 Å². The van der Waals surface area contributed by atoms with Crippen LogP contribution in [0.4, 0.5) is 10.6 Å². The Balaban J connectivity index is 1.60. The van der Waals surface area contributed by atoms with E-state index in [4.69, 9.17) is 4.74 Å². The van der Waals surface area contributed by atoms with Crippen LogP contribution in [0.15, 0.2) is 17.2 Å². The van der Waals surface area contributed by atoms with Crippen LogP contribution in [0.25, 0.3) is 0 Å². The Morgan fingerprint density at radius 1 is 1.30 bits per heavy atom. The van der Waals surface area contributed by atoms with E-state index in [1.165, 1.54) is 23.4 Å². The Morgan fingerprint density at radius 3 is 2.83 bits per heavy atom. The maximum atomic E-state index is 12.4. The molecule has 1 unspecified atom stereocenters. The second-order valence-electron chi connectivity index (χ2n) is 6.45. The molecule has 0 saturated carbocycles. The lowest BCUT2D eigenvalue weighted by atomic mass is 9.81. The predicted molar refractivity (Wildman–Crippen MR) is 86.3 cm³/mol. The lowest BCUT2D eigenvalue weighted by Crippen LogP contribution is -2.45. The van der Waals surface area contributed by atoms with Crippen LogP contribution in [0.2, 0.25) is 0 Å². The number of ether oxygens (including phenoxy) is 1. The van der Waals surface area contributed by atoms with E-state index < -0.39 is 0 Å². The summed E-state index contributed by atoms with van der Waals surface area (Å²) < 4.78 is 6.80. The molecule has 7 nitrogen and oxygen atoms in total. The van der Waals surface area contributed by atoms with Gasteiger partial charge in [-0.25, -0.2) is 9.78 Å². The minimum absolute atomic E-state index is 0.164. The van der Waals surface area contributed by atoms with Gasteiger partial charge in [0, 0.05) is 39.4 Å². The average molecular weight is 320 g/mol. The number of carbonyl (C=O) groups is 1. The van der Waals surface area contributed by atoms with Crippen molar-refractivity contribution < 1.29 is 9.53 Å².